The van der Waals surface area contributed by atoms with E-state index in [1.165, 1.54) is 10.8 Å². The van der Waals surface area contributed by atoms with Gasteiger partial charge in [0.1, 0.15) is 15.3 Å². The zero-order valence-electron chi connectivity index (χ0n) is 21.2. The predicted octanol–water partition coefficient (Wildman–Crippen LogP) is 1.27. The second-order valence-electron chi connectivity index (χ2n) is 8.27. The van der Waals surface area contributed by atoms with Gasteiger partial charge in [-0.3, -0.25) is 23.9 Å². The molecule has 1 heterocycles. The molecule has 3 rings (SSSR count). The van der Waals surface area contributed by atoms with Gasteiger partial charge in [-0.15, -0.1) is 17.8 Å². The summed E-state index contributed by atoms with van der Waals surface area (Å²) in [6, 6.07) is 18.9. The number of terminal acetylenes is 1. The van der Waals surface area contributed by atoms with Crippen molar-refractivity contribution in [3.8, 4) is 18.4 Å². The SMILES string of the molecule is C#CCNC(=O)/C(C#N)=c1\s/c(=C/Nc2cccc(NC(=O)CN(C)Cc3ccccc3)c2)c(=O)n1CC. The fourth-order valence-corrected chi connectivity index (χ4v) is 4.73. The molecule has 0 radical (unpaired) electrons. The van der Waals surface area contributed by atoms with Crippen molar-refractivity contribution in [3.63, 3.8) is 0 Å². The first kappa shape index (κ1) is 27.9. The van der Waals surface area contributed by atoms with Crippen LogP contribution < -0.4 is 30.7 Å². The molecule has 3 aromatic rings. The molecule has 3 N–H and O–H groups in total. The number of hydrogen-bond acceptors (Lipinski definition) is 7. The number of carbonyl (C=O) groups excluding carboxylic acids is 2. The lowest BCUT2D eigenvalue weighted by molar-refractivity contribution is -0.117. The van der Waals surface area contributed by atoms with Gasteiger partial charge in [0.25, 0.3) is 11.5 Å². The van der Waals surface area contributed by atoms with Crippen LogP contribution in [0.25, 0.3) is 11.8 Å². The van der Waals surface area contributed by atoms with Crippen LogP contribution in [0.2, 0.25) is 0 Å². The first-order chi connectivity index (χ1) is 18.4. The number of hydrogen-bond donors (Lipinski definition) is 3. The van der Waals surface area contributed by atoms with Crippen molar-refractivity contribution < 1.29 is 9.59 Å². The molecule has 38 heavy (non-hydrogen) atoms. The van der Waals surface area contributed by atoms with Gasteiger partial charge in [-0.1, -0.05) is 42.3 Å². The van der Waals surface area contributed by atoms with Crippen molar-refractivity contribution in [2.45, 2.75) is 20.0 Å². The molecule has 2 aromatic carbocycles. The lowest BCUT2D eigenvalue weighted by Gasteiger charge is -2.16. The van der Waals surface area contributed by atoms with Crippen molar-refractivity contribution in [2.75, 3.05) is 30.8 Å². The lowest BCUT2D eigenvalue weighted by atomic mass is 10.2. The molecule has 0 unspecified atom stereocenters. The van der Waals surface area contributed by atoms with Crippen LogP contribution in [0.15, 0.2) is 59.4 Å². The Morgan fingerprint density at radius 1 is 1.16 bits per heavy atom. The van der Waals surface area contributed by atoms with E-state index in [1.54, 1.807) is 31.2 Å². The van der Waals surface area contributed by atoms with E-state index in [0.29, 0.717) is 22.5 Å². The molecule has 194 valence electrons. The average molecular weight is 529 g/mol. The molecule has 9 nitrogen and oxygen atoms in total. The molecular weight excluding hydrogens is 500 g/mol. The molecule has 0 saturated carbocycles. The van der Waals surface area contributed by atoms with E-state index in [0.717, 1.165) is 16.9 Å². The van der Waals surface area contributed by atoms with E-state index in [2.05, 4.69) is 21.9 Å². The number of aromatic nitrogens is 1. The number of nitrogens with zero attached hydrogens (tertiary/aromatic N) is 3. The van der Waals surface area contributed by atoms with Crippen molar-refractivity contribution in [1.29, 1.82) is 5.26 Å². The van der Waals surface area contributed by atoms with Gasteiger partial charge >= 0.3 is 0 Å². The van der Waals surface area contributed by atoms with E-state index in [-0.39, 0.29) is 41.3 Å². The smallest absolute Gasteiger partial charge is 0.270 e. The number of anilines is 2. The van der Waals surface area contributed by atoms with Crippen molar-refractivity contribution in [2.24, 2.45) is 0 Å². The van der Waals surface area contributed by atoms with Crippen molar-refractivity contribution in [1.82, 2.24) is 14.8 Å². The Morgan fingerprint density at radius 3 is 2.58 bits per heavy atom. The highest BCUT2D eigenvalue weighted by atomic mass is 32.1. The Balaban J connectivity index is 1.75. The monoisotopic (exact) mass is 528 g/mol. The van der Waals surface area contributed by atoms with Crippen LogP contribution in [0.5, 0.6) is 0 Å². The maximum absolute atomic E-state index is 12.9. The summed E-state index contributed by atoms with van der Waals surface area (Å²) in [6.07, 6.45) is 6.69. The Bertz CT molecular complexity index is 1560. The standard InChI is InChI=1S/C28H28N6O3S/c1-4-14-30-26(36)23(16-29)28-34(5-2)27(37)24(38-28)17-31-21-12-9-13-22(15-21)32-25(35)19-33(3)18-20-10-7-6-8-11-20/h1,6-13,15,17,31H,5,14,18-19H2,2-3H3,(H,30,36)(H,32,35)/b24-17+,28-23-. The zero-order chi connectivity index (χ0) is 27.5. The third-order valence-corrected chi connectivity index (χ3v) is 6.48. The summed E-state index contributed by atoms with van der Waals surface area (Å²) in [5, 5.41) is 17.9. The second-order valence-corrected chi connectivity index (χ2v) is 9.30. The summed E-state index contributed by atoms with van der Waals surface area (Å²) < 4.78 is 1.94. The molecule has 0 saturated heterocycles. The molecule has 0 aliphatic heterocycles. The van der Waals surface area contributed by atoms with Gasteiger partial charge in [0.2, 0.25) is 5.91 Å². The molecule has 2 amide bonds. The van der Waals surface area contributed by atoms with Crippen LogP contribution in [-0.2, 0) is 22.7 Å². The van der Waals surface area contributed by atoms with Crippen LogP contribution >= 0.6 is 11.3 Å². The molecule has 0 bridgehead atoms. The summed E-state index contributed by atoms with van der Waals surface area (Å²) in [6.45, 7) is 2.89. The quantitative estimate of drug-likeness (QED) is 0.341. The number of amides is 2. The fraction of sp³-hybridized carbons (Fsp3) is 0.214. The van der Waals surface area contributed by atoms with Crippen LogP contribution in [-0.4, -0.2) is 41.4 Å². The maximum Gasteiger partial charge on any atom is 0.270 e. The van der Waals surface area contributed by atoms with Gasteiger partial charge in [0, 0.05) is 30.7 Å². The lowest BCUT2D eigenvalue weighted by Crippen LogP contribution is -2.34. The Morgan fingerprint density at radius 2 is 1.89 bits per heavy atom. The number of rotatable bonds is 10. The minimum Gasteiger partial charge on any atom is -0.360 e. The number of nitriles is 1. The average Bonchev–Trinajstić information content (AvgIpc) is 3.21. The summed E-state index contributed by atoms with van der Waals surface area (Å²) in [5.41, 5.74) is 1.86. The maximum atomic E-state index is 12.9. The number of thiazole rings is 1. The van der Waals surface area contributed by atoms with E-state index in [9.17, 15) is 19.6 Å². The zero-order valence-corrected chi connectivity index (χ0v) is 22.0. The van der Waals surface area contributed by atoms with Crippen LogP contribution in [0.1, 0.15) is 12.5 Å². The van der Waals surface area contributed by atoms with E-state index in [1.807, 2.05) is 48.3 Å². The summed E-state index contributed by atoms with van der Waals surface area (Å²) in [5.74, 6) is 1.50. The molecule has 0 aliphatic rings. The van der Waals surface area contributed by atoms with Gasteiger partial charge in [-0.25, -0.2) is 0 Å². The highest BCUT2D eigenvalue weighted by Crippen LogP contribution is 2.15. The molecule has 0 spiro atoms. The van der Waals surface area contributed by atoms with Crippen LogP contribution in [0.3, 0.4) is 0 Å². The number of carbonyl (C=O) groups is 2. The predicted molar refractivity (Wildman–Crippen MR) is 150 cm³/mol. The number of likely N-dealkylation sites (N-methyl/N-ethyl adjacent to an activating group) is 1. The summed E-state index contributed by atoms with van der Waals surface area (Å²) in [7, 11) is 1.88. The highest BCUT2D eigenvalue weighted by molar-refractivity contribution is 7.07. The van der Waals surface area contributed by atoms with Crippen molar-refractivity contribution >= 4 is 46.3 Å². The first-order valence-corrected chi connectivity index (χ1v) is 12.6. The third kappa shape index (κ3) is 7.43. The molecule has 0 atom stereocenters. The Hall–Kier alpha value is -4.64. The van der Waals surface area contributed by atoms with Crippen molar-refractivity contribution in [3.05, 3.63) is 79.7 Å². The third-order valence-electron chi connectivity index (χ3n) is 5.35. The van der Waals surface area contributed by atoms with Crippen LogP contribution in [0.4, 0.5) is 11.4 Å². The Labute approximate surface area is 224 Å². The van der Waals surface area contributed by atoms with Gasteiger partial charge in [0.05, 0.1) is 13.1 Å². The van der Waals surface area contributed by atoms with Gasteiger partial charge < -0.3 is 16.0 Å². The summed E-state index contributed by atoms with van der Waals surface area (Å²) in [4.78, 5) is 39.7. The van der Waals surface area contributed by atoms with Gasteiger partial charge in [-0.2, -0.15) is 5.26 Å². The van der Waals surface area contributed by atoms with Gasteiger partial charge in [0.15, 0.2) is 5.57 Å². The van der Waals surface area contributed by atoms with Gasteiger partial charge in [-0.05, 0) is 37.7 Å². The molecule has 10 heteroatoms. The molecule has 0 aliphatic carbocycles. The Kier molecular flexibility index (Phi) is 10.0. The fourth-order valence-electron chi connectivity index (χ4n) is 3.64. The minimum atomic E-state index is -0.633. The van der Waals surface area contributed by atoms with Crippen LogP contribution in [0, 0.1) is 23.7 Å². The molecule has 0 fully saturated rings. The molecular formula is C28H28N6O3S. The normalized spacial score (nSPS) is 11.9. The first-order valence-electron chi connectivity index (χ1n) is 11.8. The number of benzene rings is 2. The highest BCUT2D eigenvalue weighted by Gasteiger charge is 2.14. The summed E-state index contributed by atoms with van der Waals surface area (Å²) >= 11 is 1.03. The van der Waals surface area contributed by atoms with E-state index in [4.69, 9.17) is 6.42 Å². The minimum absolute atomic E-state index is 0.0253. The second kappa shape index (κ2) is 13.6. The van der Waals surface area contributed by atoms with E-state index < -0.39 is 5.91 Å². The topological polar surface area (TPSA) is 119 Å². The number of nitrogens with one attached hydrogen (secondary N) is 3. The largest absolute Gasteiger partial charge is 0.360 e. The molecule has 1 aromatic heterocycles. The van der Waals surface area contributed by atoms with E-state index >= 15 is 0 Å².